The lowest BCUT2D eigenvalue weighted by atomic mass is 10.1. The van der Waals surface area contributed by atoms with Gasteiger partial charge in [-0.2, -0.15) is 0 Å². The van der Waals surface area contributed by atoms with Crippen molar-refractivity contribution in [3.63, 3.8) is 0 Å². The Bertz CT molecular complexity index is 452. The number of benzene rings is 1. The van der Waals surface area contributed by atoms with Crippen LogP contribution in [0.15, 0.2) is 23.1 Å². The molecule has 94 valence electrons. The molecule has 1 aliphatic rings. The van der Waals surface area contributed by atoms with E-state index < -0.39 is 10.8 Å². The first-order valence-electron chi connectivity index (χ1n) is 5.62. The topological polar surface area (TPSA) is 43.1 Å². The van der Waals surface area contributed by atoms with E-state index in [0.29, 0.717) is 14.9 Å². The smallest absolute Gasteiger partial charge is 0.0592 e. The van der Waals surface area contributed by atoms with Crippen molar-refractivity contribution in [2.75, 3.05) is 0 Å². The maximum absolute atomic E-state index is 12.5. The minimum Gasteiger partial charge on any atom is -0.327 e. The van der Waals surface area contributed by atoms with Gasteiger partial charge in [-0.25, -0.2) is 0 Å². The minimum atomic E-state index is -1.13. The molecular formula is C12H15Cl2NOS. The molecule has 0 amide bonds. The summed E-state index contributed by atoms with van der Waals surface area (Å²) in [5, 5.41) is 1.16. The van der Waals surface area contributed by atoms with Crippen LogP contribution < -0.4 is 5.73 Å². The molecule has 5 heteroatoms. The monoisotopic (exact) mass is 291 g/mol. The third-order valence-corrected chi connectivity index (χ3v) is 6.09. The van der Waals surface area contributed by atoms with Crippen LogP contribution in [0.1, 0.15) is 19.8 Å². The van der Waals surface area contributed by atoms with Crippen molar-refractivity contribution in [1.29, 1.82) is 0 Å². The Balaban J connectivity index is 2.28. The second-order valence-corrected chi connectivity index (χ2v) is 6.99. The van der Waals surface area contributed by atoms with Crippen LogP contribution >= 0.6 is 23.2 Å². The first-order chi connectivity index (χ1) is 8.00. The Hall–Kier alpha value is -0.0900. The van der Waals surface area contributed by atoms with Gasteiger partial charge < -0.3 is 5.73 Å². The summed E-state index contributed by atoms with van der Waals surface area (Å²) >= 11 is 12.0. The van der Waals surface area contributed by atoms with Gasteiger partial charge >= 0.3 is 0 Å². The molecule has 1 aliphatic carbocycles. The van der Waals surface area contributed by atoms with Gasteiger partial charge in [-0.05, 0) is 37.0 Å². The molecule has 1 fully saturated rings. The van der Waals surface area contributed by atoms with Crippen molar-refractivity contribution in [3.05, 3.63) is 28.2 Å². The highest BCUT2D eigenvalue weighted by molar-refractivity contribution is 7.85. The molecule has 0 aliphatic heterocycles. The van der Waals surface area contributed by atoms with Crippen molar-refractivity contribution in [1.82, 2.24) is 0 Å². The lowest BCUT2D eigenvalue weighted by Gasteiger charge is -2.18. The minimum absolute atomic E-state index is 0.0842. The highest BCUT2D eigenvalue weighted by Crippen LogP contribution is 2.34. The van der Waals surface area contributed by atoms with Gasteiger partial charge in [0.2, 0.25) is 0 Å². The Morgan fingerprint density at radius 2 is 2.06 bits per heavy atom. The maximum Gasteiger partial charge on any atom is 0.0592 e. The number of halogens is 2. The van der Waals surface area contributed by atoms with Crippen molar-refractivity contribution in [2.45, 2.75) is 36.0 Å². The average molecular weight is 292 g/mol. The van der Waals surface area contributed by atoms with E-state index >= 15 is 0 Å². The van der Waals surface area contributed by atoms with Gasteiger partial charge in [-0.3, -0.25) is 4.21 Å². The van der Waals surface area contributed by atoms with Crippen molar-refractivity contribution < 1.29 is 4.21 Å². The molecule has 0 bridgehead atoms. The molecule has 17 heavy (non-hydrogen) atoms. The third-order valence-electron chi connectivity index (χ3n) is 3.43. The van der Waals surface area contributed by atoms with Gasteiger partial charge in [-0.1, -0.05) is 30.1 Å². The fraction of sp³-hybridized carbons (Fsp3) is 0.500. The highest BCUT2D eigenvalue weighted by atomic mass is 35.5. The van der Waals surface area contributed by atoms with Crippen molar-refractivity contribution in [2.24, 2.45) is 11.7 Å². The fourth-order valence-corrected chi connectivity index (χ4v) is 4.61. The zero-order valence-electron chi connectivity index (χ0n) is 9.53. The summed E-state index contributed by atoms with van der Waals surface area (Å²) in [5.74, 6) is 0.255. The molecule has 0 aromatic heterocycles. The average Bonchev–Trinajstić information content (AvgIpc) is 2.62. The predicted molar refractivity (Wildman–Crippen MR) is 73.0 cm³/mol. The standard InChI is InChI=1S/C12H15Cl2NOS/c1-7-10(15)4-5-11(7)17(16)12-6-8(13)2-3-9(12)14/h2-3,6-7,10-11H,4-5,15H2,1H3. The van der Waals surface area contributed by atoms with Crippen LogP contribution in [0.4, 0.5) is 0 Å². The van der Waals surface area contributed by atoms with Gasteiger partial charge in [0, 0.05) is 16.3 Å². The Kier molecular flexibility index (Phi) is 4.14. The summed E-state index contributed by atoms with van der Waals surface area (Å²) in [6.45, 7) is 2.05. The zero-order chi connectivity index (χ0) is 12.6. The van der Waals surface area contributed by atoms with Gasteiger partial charge in [0.05, 0.1) is 20.7 Å². The summed E-state index contributed by atoms with van der Waals surface area (Å²) in [4.78, 5) is 0.630. The lowest BCUT2D eigenvalue weighted by Crippen LogP contribution is -2.29. The molecule has 0 heterocycles. The maximum atomic E-state index is 12.5. The molecule has 1 aromatic rings. The Morgan fingerprint density at radius 1 is 1.35 bits per heavy atom. The molecule has 4 unspecified atom stereocenters. The van der Waals surface area contributed by atoms with Gasteiger partial charge in [0.1, 0.15) is 0 Å². The molecule has 0 spiro atoms. The summed E-state index contributed by atoms with van der Waals surface area (Å²) in [5.41, 5.74) is 5.96. The molecule has 1 saturated carbocycles. The number of rotatable bonds is 2. The second kappa shape index (κ2) is 5.27. The number of hydrogen-bond donors (Lipinski definition) is 1. The van der Waals surface area contributed by atoms with E-state index in [1.807, 2.05) is 0 Å². The second-order valence-electron chi connectivity index (χ2n) is 4.51. The third kappa shape index (κ3) is 2.68. The van der Waals surface area contributed by atoms with E-state index in [9.17, 15) is 4.21 Å². The molecule has 2 N–H and O–H groups in total. The van der Waals surface area contributed by atoms with Crippen LogP contribution in [0.2, 0.25) is 10.0 Å². The summed E-state index contributed by atoms with van der Waals surface area (Å²) in [6.07, 6.45) is 1.81. The zero-order valence-corrected chi connectivity index (χ0v) is 11.9. The molecule has 2 rings (SSSR count). The summed E-state index contributed by atoms with van der Waals surface area (Å²) in [7, 11) is -1.13. The normalized spacial score (nSPS) is 30.5. The molecule has 1 aromatic carbocycles. The van der Waals surface area contributed by atoms with E-state index in [0.717, 1.165) is 12.8 Å². The van der Waals surface area contributed by atoms with Gasteiger partial charge in [0.25, 0.3) is 0 Å². The quantitative estimate of drug-likeness (QED) is 0.909. The molecule has 4 atom stereocenters. The van der Waals surface area contributed by atoms with E-state index in [4.69, 9.17) is 28.9 Å². The first kappa shape index (κ1) is 13.3. The first-order valence-corrected chi connectivity index (χ1v) is 7.59. The van der Waals surface area contributed by atoms with Gasteiger partial charge in [-0.15, -0.1) is 0 Å². The van der Waals surface area contributed by atoms with Crippen molar-refractivity contribution in [3.8, 4) is 0 Å². The van der Waals surface area contributed by atoms with Crippen LogP contribution in [0.3, 0.4) is 0 Å². The molecule has 2 nitrogen and oxygen atoms in total. The van der Waals surface area contributed by atoms with E-state index in [2.05, 4.69) is 6.92 Å². The van der Waals surface area contributed by atoms with Crippen LogP contribution in [-0.4, -0.2) is 15.5 Å². The fourth-order valence-electron chi connectivity index (χ4n) is 2.25. The van der Waals surface area contributed by atoms with Crippen LogP contribution in [0.5, 0.6) is 0 Å². The molecular weight excluding hydrogens is 277 g/mol. The van der Waals surface area contributed by atoms with Crippen molar-refractivity contribution >= 4 is 34.0 Å². The SMILES string of the molecule is CC1C(N)CCC1S(=O)c1cc(Cl)ccc1Cl. The van der Waals surface area contributed by atoms with E-state index in [-0.39, 0.29) is 17.2 Å². The van der Waals surface area contributed by atoms with E-state index in [1.165, 1.54) is 0 Å². The molecule has 0 radical (unpaired) electrons. The van der Waals surface area contributed by atoms with Crippen LogP contribution in [0.25, 0.3) is 0 Å². The van der Waals surface area contributed by atoms with Gasteiger partial charge in [0.15, 0.2) is 0 Å². The Morgan fingerprint density at radius 3 is 2.65 bits per heavy atom. The molecule has 0 saturated heterocycles. The Labute approximate surface area is 114 Å². The lowest BCUT2D eigenvalue weighted by molar-refractivity contribution is 0.526. The predicted octanol–water partition coefficient (Wildman–Crippen LogP) is 3.23. The largest absolute Gasteiger partial charge is 0.327 e. The highest BCUT2D eigenvalue weighted by Gasteiger charge is 2.35. The van der Waals surface area contributed by atoms with Crippen LogP contribution in [0, 0.1) is 5.92 Å². The summed E-state index contributed by atoms with van der Waals surface area (Å²) in [6, 6.07) is 5.23. The number of hydrogen-bond acceptors (Lipinski definition) is 2. The van der Waals surface area contributed by atoms with Crippen LogP contribution in [-0.2, 0) is 10.8 Å². The van der Waals surface area contributed by atoms with E-state index in [1.54, 1.807) is 18.2 Å². The number of nitrogens with two attached hydrogens (primary N) is 1. The summed E-state index contributed by atoms with van der Waals surface area (Å²) < 4.78 is 12.5.